The van der Waals surface area contributed by atoms with Crippen molar-refractivity contribution in [2.24, 2.45) is 0 Å². The van der Waals surface area contributed by atoms with Crippen LogP contribution in [0.3, 0.4) is 0 Å². The van der Waals surface area contributed by atoms with E-state index in [1.807, 2.05) is 36.4 Å². The molecule has 2 aliphatic heterocycles. The number of carbonyl (C=O) groups excluding carboxylic acids is 2. The minimum Gasteiger partial charge on any atom is -0.541 e. The van der Waals surface area contributed by atoms with Crippen LogP contribution in [0.2, 0.25) is 33.2 Å². The highest BCUT2D eigenvalue weighted by Crippen LogP contribution is 2.53. The SMILES string of the molecule is CCN(c1c2c(c(O[Si](C(C)C)(C(C)C)C(C)C)c3ncc(Cc4ccc(F)cc4)cc13)C(=O)N(Cc1ccc(OC)cc1OC)C2)S(C)(=O)=O.COc1ccc(CN2Cc3c(c(O[Si](C(C)C)(C(C)C)C(C)C)c4ncc(Cc5ccc(F)cc5)cc4c3NS(C)(=O)=O)C2=O)c(OC)c1. The van der Waals surface area contributed by atoms with E-state index in [-0.39, 0.29) is 89.4 Å². The van der Waals surface area contributed by atoms with Gasteiger partial charge in [-0.3, -0.25) is 28.6 Å². The summed E-state index contributed by atoms with van der Waals surface area (Å²) in [7, 11) is -6.58. The average molecular weight is 1440 g/mol. The zero-order valence-electron chi connectivity index (χ0n) is 61.0. The summed E-state index contributed by atoms with van der Waals surface area (Å²) in [5.74, 6) is 2.01. The van der Waals surface area contributed by atoms with E-state index in [1.165, 1.54) is 34.8 Å². The summed E-state index contributed by atoms with van der Waals surface area (Å²) in [5.41, 5.74) is 9.47. The third kappa shape index (κ3) is 15.3. The molecule has 4 heterocycles. The molecule has 6 aromatic carbocycles. The maximum Gasteiger partial charge on any atom is 0.258 e. The van der Waals surface area contributed by atoms with Crippen LogP contribution in [-0.2, 0) is 59.1 Å². The normalized spacial score (nSPS) is 13.5. The van der Waals surface area contributed by atoms with Gasteiger partial charge in [-0.15, -0.1) is 0 Å². The molecule has 10 rings (SSSR count). The number of pyridine rings is 2. The maximum atomic E-state index is 14.8. The Labute approximate surface area is 591 Å². The number of nitrogens with one attached hydrogen (secondary N) is 1. The Bertz CT molecular complexity index is 4550. The first-order chi connectivity index (χ1) is 47.2. The number of rotatable bonds is 27. The first-order valence-electron chi connectivity index (χ1n) is 33.9. The lowest BCUT2D eigenvalue weighted by atomic mass is 9.98. The van der Waals surface area contributed by atoms with Gasteiger partial charge in [0.25, 0.3) is 28.4 Å². The Hall–Kier alpha value is -8.33. The van der Waals surface area contributed by atoms with Gasteiger partial charge in [0.1, 0.15) is 57.2 Å². The van der Waals surface area contributed by atoms with Gasteiger partial charge in [0.2, 0.25) is 20.0 Å². The number of sulfonamides is 2. The molecule has 0 radical (unpaired) electrons. The van der Waals surface area contributed by atoms with E-state index in [0.717, 1.165) is 39.6 Å². The van der Waals surface area contributed by atoms with Gasteiger partial charge in [-0.25, -0.2) is 25.6 Å². The van der Waals surface area contributed by atoms with Crippen LogP contribution in [0.15, 0.2) is 109 Å². The molecule has 536 valence electrons. The molecule has 18 nitrogen and oxygen atoms in total. The number of halogens is 2. The fourth-order valence-electron chi connectivity index (χ4n) is 15.3. The largest absolute Gasteiger partial charge is 0.541 e. The number of fused-ring (bicyclic) bond motifs is 4. The van der Waals surface area contributed by atoms with E-state index in [9.17, 15) is 35.2 Å². The molecule has 2 aliphatic rings. The molecule has 0 fully saturated rings. The third-order valence-corrected chi connectivity index (χ3v) is 33.5. The van der Waals surface area contributed by atoms with Crippen LogP contribution in [0.5, 0.6) is 34.5 Å². The standard InChI is InChI=1S/C39H50FN3O6SSi.C37H46FN3O6SSi/c1-11-43(50(10,45)46)37-32-19-28(18-27-12-15-30(40)16-13-27)21-41-36(32)38(49-51(24(2)3,25(4)5)26(6)7)35-33(37)23-42(39(35)44)22-29-14-17-31(47-8)20-34(29)48-9;1-22(2)49(23(3)4,24(5)6)47-36-33-31(21-41(37(33)42)20-27-12-15-29(45-7)18-32(27)46-8)34(40-48(9,43)44)30-17-26(19-39-35(30)36)16-25-10-13-28(38)14-11-25/h12-17,19-21,24-26H,11,18,22-23H2,1-10H3;10-15,17-19,22-24,40H,16,20-21H2,1-9H3. The Morgan fingerprint density at radius 2 is 0.900 bits per heavy atom. The summed E-state index contributed by atoms with van der Waals surface area (Å²) in [6.45, 7) is 28.8. The first-order valence-corrected chi connectivity index (χ1v) is 42.0. The summed E-state index contributed by atoms with van der Waals surface area (Å²) < 4.78 is 121. The minimum absolute atomic E-state index is 0.134. The molecule has 0 saturated heterocycles. The number of carbonyl (C=O) groups is 2. The topological polar surface area (TPSA) is 205 Å². The lowest BCUT2D eigenvalue weighted by molar-refractivity contribution is 0.0756. The summed E-state index contributed by atoms with van der Waals surface area (Å²) in [6.07, 6.45) is 6.63. The Balaban J connectivity index is 0.000000233. The van der Waals surface area contributed by atoms with Crippen molar-refractivity contribution >= 4 is 81.7 Å². The van der Waals surface area contributed by atoms with Crippen molar-refractivity contribution in [3.63, 3.8) is 0 Å². The van der Waals surface area contributed by atoms with Gasteiger partial charge in [-0.05, 0) is 136 Å². The van der Waals surface area contributed by atoms with E-state index in [2.05, 4.69) is 87.8 Å². The molecule has 8 aromatic rings. The maximum absolute atomic E-state index is 14.8. The summed E-state index contributed by atoms with van der Waals surface area (Å²) in [4.78, 5) is 42.7. The van der Waals surface area contributed by atoms with E-state index >= 15 is 0 Å². The summed E-state index contributed by atoms with van der Waals surface area (Å²) in [6, 6.07) is 27.3. The smallest absolute Gasteiger partial charge is 0.258 e. The molecule has 2 aromatic heterocycles. The number of aromatic nitrogens is 2. The number of anilines is 2. The van der Waals surface area contributed by atoms with E-state index in [0.29, 0.717) is 103 Å². The summed E-state index contributed by atoms with van der Waals surface area (Å²) >= 11 is 0. The van der Waals surface area contributed by atoms with Gasteiger partial charge in [0.15, 0.2) is 0 Å². The Morgan fingerprint density at radius 3 is 1.26 bits per heavy atom. The summed E-state index contributed by atoms with van der Waals surface area (Å²) in [5, 5.41) is 1.13. The van der Waals surface area contributed by atoms with Crippen LogP contribution in [0.4, 0.5) is 20.2 Å². The van der Waals surface area contributed by atoms with Gasteiger partial charge in [-0.1, -0.05) is 107 Å². The monoisotopic (exact) mass is 1440 g/mol. The number of amides is 2. The molecule has 0 unspecified atom stereocenters. The van der Waals surface area contributed by atoms with Gasteiger partial charge < -0.3 is 37.6 Å². The van der Waals surface area contributed by atoms with Gasteiger partial charge in [0, 0.05) is 90.3 Å². The second-order valence-electron chi connectivity index (χ2n) is 28.0. The van der Waals surface area contributed by atoms with Crippen molar-refractivity contribution in [2.75, 3.05) is 56.5 Å². The van der Waals surface area contributed by atoms with Crippen molar-refractivity contribution < 1.29 is 63.0 Å². The number of ether oxygens (including phenoxy) is 4. The van der Waals surface area contributed by atoms with Crippen LogP contribution in [-0.4, -0.2) is 113 Å². The molecule has 0 bridgehead atoms. The van der Waals surface area contributed by atoms with Crippen LogP contribution in [0.25, 0.3) is 21.8 Å². The van der Waals surface area contributed by atoms with Gasteiger partial charge in [0.05, 0.1) is 63.5 Å². The quantitative estimate of drug-likeness (QED) is 0.0476. The molecule has 0 atom stereocenters. The van der Waals surface area contributed by atoms with E-state index in [1.54, 1.807) is 94.0 Å². The van der Waals surface area contributed by atoms with Gasteiger partial charge >= 0.3 is 0 Å². The molecule has 0 aliphatic carbocycles. The number of benzene rings is 6. The van der Waals surface area contributed by atoms with Crippen molar-refractivity contribution in [1.82, 2.24) is 19.8 Å². The highest BCUT2D eigenvalue weighted by molar-refractivity contribution is 7.92. The lowest BCUT2D eigenvalue weighted by Gasteiger charge is -2.42. The highest BCUT2D eigenvalue weighted by atomic mass is 32.2. The fraction of sp³-hybridized carbons (Fsp3) is 0.421. The number of hydrogen-bond acceptors (Lipinski definition) is 14. The van der Waals surface area contributed by atoms with Crippen molar-refractivity contribution in [2.45, 2.75) is 162 Å². The molecule has 2 amide bonds. The zero-order chi connectivity index (χ0) is 73.2. The highest BCUT2D eigenvalue weighted by Gasteiger charge is 2.51. The molecule has 24 heteroatoms. The number of hydrogen-bond donors (Lipinski definition) is 1. The molecule has 0 saturated carbocycles. The first kappa shape index (κ1) is 75.9. The van der Waals surface area contributed by atoms with E-state index in [4.69, 9.17) is 37.8 Å². The predicted octanol–water partition coefficient (Wildman–Crippen LogP) is 16.5. The average Bonchev–Trinajstić information content (AvgIpc) is 1.48. The number of nitrogens with zero attached hydrogens (tertiary/aromatic N) is 5. The second-order valence-corrected chi connectivity index (χ2v) is 42.4. The fourth-order valence-corrected chi connectivity index (χ4v) is 27.5. The molecule has 1 N–H and O–H groups in total. The minimum atomic E-state index is -3.79. The van der Waals surface area contributed by atoms with Crippen LogP contribution >= 0.6 is 0 Å². The van der Waals surface area contributed by atoms with Gasteiger partial charge in [-0.2, -0.15) is 0 Å². The third-order valence-electron chi connectivity index (χ3n) is 19.7. The Morgan fingerprint density at radius 1 is 0.520 bits per heavy atom. The van der Waals surface area contributed by atoms with E-state index < -0.39 is 36.7 Å². The van der Waals surface area contributed by atoms with Crippen molar-refractivity contribution in [1.29, 1.82) is 0 Å². The predicted molar refractivity (Wildman–Crippen MR) is 398 cm³/mol. The molecular weight excluding hydrogens is 1350 g/mol. The zero-order valence-corrected chi connectivity index (χ0v) is 64.6. The van der Waals surface area contributed by atoms with Crippen LogP contribution in [0, 0.1) is 11.6 Å². The Kier molecular flexibility index (Phi) is 23.1. The molecule has 100 heavy (non-hydrogen) atoms. The van der Waals surface area contributed by atoms with Crippen LogP contribution in [0.1, 0.15) is 155 Å². The molecule has 0 spiro atoms. The second kappa shape index (κ2) is 30.5. The van der Waals surface area contributed by atoms with Crippen molar-refractivity contribution in [3.05, 3.63) is 177 Å². The molecular formula is C76H96F2N6O12S2Si2. The number of methoxy groups -OCH3 is 4. The lowest BCUT2D eigenvalue weighted by Crippen LogP contribution is -2.51. The van der Waals surface area contributed by atoms with Crippen molar-refractivity contribution in [3.8, 4) is 34.5 Å². The van der Waals surface area contributed by atoms with Crippen LogP contribution < -0.4 is 36.8 Å².